The van der Waals surface area contributed by atoms with E-state index in [2.05, 4.69) is 10.1 Å². The Hall–Kier alpha value is -4.16. The molecule has 1 aromatic heterocycles. The predicted octanol–water partition coefficient (Wildman–Crippen LogP) is 5.21. The molecule has 1 heterocycles. The molecule has 1 N–H and O–H groups in total. The first-order valence-corrected chi connectivity index (χ1v) is 12.6. The highest BCUT2D eigenvalue weighted by atomic mass is 19.4. The van der Waals surface area contributed by atoms with E-state index in [0.29, 0.717) is 6.07 Å². The zero-order valence-electron chi connectivity index (χ0n) is 21.9. The second-order valence-electron chi connectivity index (χ2n) is 9.43. The van der Waals surface area contributed by atoms with Crippen LogP contribution in [0.5, 0.6) is 0 Å². The summed E-state index contributed by atoms with van der Waals surface area (Å²) in [5.41, 5.74) is -2.63. The van der Waals surface area contributed by atoms with Crippen LogP contribution in [0.2, 0.25) is 0 Å². The number of aliphatic hydroxyl groups is 1. The van der Waals surface area contributed by atoms with Crippen LogP contribution in [0.25, 0.3) is 0 Å². The minimum absolute atomic E-state index is 0.0170. The van der Waals surface area contributed by atoms with Gasteiger partial charge in [-0.1, -0.05) is 36.4 Å². The summed E-state index contributed by atoms with van der Waals surface area (Å²) in [6, 6.07) is 14.3. The lowest BCUT2D eigenvalue weighted by Crippen LogP contribution is -2.54. The van der Waals surface area contributed by atoms with E-state index in [-0.39, 0.29) is 37.4 Å². The van der Waals surface area contributed by atoms with E-state index in [9.17, 15) is 27.5 Å². The molecule has 0 saturated heterocycles. The maximum Gasteiger partial charge on any atom is 0.416 e. The summed E-state index contributed by atoms with van der Waals surface area (Å²) in [7, 11) is 0. The Labute approximate surface area is 232 Å². The lowest BCUT2D eigenvalue weighted by Gasteiger charge is -2.41. The second kappa shape index (κ2) is 12.6. The number of hydrogen-bond donors (Lipinski definition) is 1. The number of amides is 1. The van der Waals surface area contributed by atoms with Crippen molar-refractivity contribution in [1.29, 1.82) is 0 Å². The average Bonchev–Trinajstić information content (AvgIpc) is 3.45. The number of rotatable bonds is 11. The predicted molar refractivity (Wildman–Crippen MR) is 138 cm³/mol. The Bertz CT molecular complexity index is 1430. The Morgan fingerprint density at radius 2 is 1.76 bits per heavy atom. The van der Waals surface area contributed by atoms with E-state index in [1.807, 2.05) is 30.3 Å². The molecule has 3 aromatic carbocycles. The molecule has 0 fully saturated rings. The molecular weight excluding hydrogens is 547 g/mol. The fourth-order valence-electron chi connectivity index (χ4n) is 4.47. The Kier molecular flexibility index (Phi) is 9.14. The van der Waals surface area contributed by atoms with E-state index >= 15 is 4.39 Å². The van der Waals surface area contributed by atoms with Gasteiger partial charge in [0.05, 0.1) is 31.4 Å². The van der Waals surface area contributed by atoms with Crippen molar-refractivity contribution in [2.24, 2.45) is 0 Å². The lowest BCUT2D eigenvalue weighted by molar-refractivity contribution is -0.137. The molecule has 0 aliphatic rings. The lowest BCUT2D eigenvalue weighted by atomic mass is 9.85. The van der Waals surface area contributed by atoms with Crippen molar-refractivity contribution < 1.29 is 36.6 Å². The third kappa shape index (κ3) is 7.14. The first-order chi connectivity index (χ1) is 19.5. The van der Waals surface area contributed by atoms with Crippen LogP contribution in [0.15, 0.2) is 85.5 Å². The van der Waals surface area contributed by atoms with E-state index in [4.69, 9.17) is 4.74 Å². The van der Waals surface area contributed by atoms with Gasteiger partial charge in [-0.15, -0.1) is 0 Å². The molecule has 0 unspecified atom stereocenters. The highest BCUT2D eigenvalue weighted by Gasteiger charge is 2.44. The molecule has 12 heteroatoms. The summed E-state index contributed by atoms with van der Waals surface area (Å²) < 4.78 is 75.2. The highest BCUT2D eigenvalue weighted by Crippen LogP contribution is 2.34. The van der Waals surface area contributed by atoms with Crippen molar-refractivity contribution in [3.05, 3.63) is 119 Å². The summed E-state index contributed by atoms with van der Waals surface area (Å²) >= 11 is 0. The van der Waals surface area contributed by atoms with Crippen molar-refractivity contribution in [3.8, 4) is 0 Å². The first-order valence-electron chi connectivity index (χ1n) is 12.6. The number of halogens is 5. The summed E-state index contributed by atoms with van der Waals surface area (Å²) in [4.78, 5) is 18.7. The third-order valence-corrected chi connectivity index (χ3v) is 6.73. The summed E-state index contributed by atoms with van der Waals surface area (Å²) in [5.74, 6) is -2.65. The van der Waals surface area contributed by atoms with E-state index in [1.54, 1.807) is 0 Å². The van der Waals surface area contributed by atoms with Crippen molar-refractivity contribution in [1.82, 2.24) is 19.7 Å². The molecule has 1 amide bonds. The topological polar surface area (TPSA) is 80.5 Å². The standard InChI is InChI=1S/C29H27F5N4O3/c1-20(28(40,17-37-19-35-18-36-37)25-12-11-24(30)15-26(25)31)38(13-14-41-16-21-5-3-2-4-6-21)27(39)22-7-9-23(10-8-22)29(32,33)34/h2-12,15,18-20,40H,13-14,16-17H2,1H3/t20-,28-/m1/s1. The summed E-state index contributed by atoms with van der Waals surface area (Å²) in [5, 5.41) is 16.0. The van der Waals surface area contributed by atoms with Gasteiger partial charge in [-0.05, 0) is 42.8 Å². The van der Waals surface area contributed by atoms with Gasteiger partial charge in [0.1, 0.15) is 29.9 Å². The zero-order chi connectivity index (χ0) is 29.6. The molecule has 2 atom stereocenters. The van der Waals surface area contributed by atoms with E-state index in [0.717, 1.165) is 42.0 Å². The minimum Gasteiger partial charge on any atom is -0.381 e. The normalized spacial score (nSPS) is 13.9. The number of nitrogens with zero attached hydrogens (tertiary/aromatic N) is 4. The fraction of sp³-hybridized carbons (Fsp3) is 0.276. The molecule has 0 bridgehead atoms. The maximum absolute atomic E-state index is 15.1. The SMILES string of the molecule is C[C@@H](N(CCOCc1ccccc1)C(=O)c1ccc(C(F)(F)F)cc1)[C@](O)(Cn1cncn1)c1ccc(F)cc1F. The van der Waals surface area contributed by atoms with Crippen LogP contribution in [-0.4, -0.2) is 49.9 Å². The quantitative estimate of drug-likeness (QED) is 0.197. The minimum atomic E-state index is -4.60. The number of hydrogen-bond acceptors (Lipinski definition) is 5. The van der Waals surface area contributed by atoms with Crippen molar-refractivity contribution in [2.75, 3.05) is 13.2 Å². The Morgan fingerprint density at radius 3 is 2.37 bits per heavy atom. The van der Waals surface area contributed by atoms with Crippen molar-refractivity contribution >= 4 is 5.91 Å². The van der Waals surface area contributed by atoms with Crippen LogP contribution < -0.4 is 0 Å². The molecule has 0 aliphatic heterocycles. The first kappa shape index (κ1) is 29.8. The van der Waals surface area contributed by atoms with Crippen LogP contribution in [-0.2, 0) is 29.7 Å². The van der Waals surface area contributed by atoms with E-state index < -0.39 is 40.9 Å². The van der Waals surface area contributed by atoms with Gasteiger partial charge in [0.2, 0.25) is 0 Å². The molecule has 0 aliphatic carbocycles. The highest BCUT2D eigenvalue weighted by molar-refractivity contribution is 5.94. The number of alkyl halides is 3. The molecule has 0 spiro atoms. The van der Waals surface area contributed by atoms with Gasteiger partial charge in [-0.3, -0.25) is 4.79 Å². The van der Waals surface area contributed by atoms with Crippen LogP contribution in [0.3, 0.4) is 0 Å². The molecule has 7 nitrogen and oxygen atoms in total. The molecule has 0 radical (unpaired) electrons. The molecule has 41 heavy (non-hydrogen) atoms. The van der Waals surface area contributed by atoms with Crippen molar-refractivity contribution in [3.63, 3.8) is 0 Å². The Morgan fingerprint density at radius 1 is 1.05 bits per heavy atom. The molecule has 4 rings (SSSR count). The van der Waals surface area contributed by atoms with Crippen LogP contribution in [0.4, 0.5) is 22.0 Å². The smallest absolute Gasteiger partial charge is 0.381 e. The number of carbonyl (C=O) groups excluding carboxylic acids is 1. The molecule has 216 valence electrons. The third-order valence-electron chi connectivity index (χ3n) is 6.73. The maximum atomic E-state index is 15.1. The molecular formula is C29H27F5N4O3. The molecule has 0 saturated carbocycles. The number of benzene rings is 3. The second-order valence-corrected chi connectivity index (χ2v) is 9.43. The van der Waals surface area contributed by atoms with Crippen LogP contribution in [0.1, 0.15) is 34.0 Å². The van der Waals surface area contributed by atoms with Crippen LogP contribution in [0, 0.1) is 11.6 Å². The number of carbonyl (C=O) groups is 1. The zero-order valence-corrected chi connectivity index (χ0v) is 21.9. The van der Waals surface area contributed by atoms with Gasteiger partial charge in [0, 0.05) is 23.7 Å². The molecule has 4 aromatic rings. The van der Waals surface area contributed by atoms with Crippen molar-refractivity contribution in [2.45, 2.75) is 37.9 Å². The summed E-state index contributed by atoms with van der Waals surface area (Å²) in [6.45, 7) is 1.16. The number of ether oxygens (including phenoxy) is 1. The average molecular weight is 575 g/mol. The summed E-state index contributed by atoms with van der Waals surface area (Å²) in [6.07, 6.45) is -2.11. The van der Waals surface area contributed by atoms with Gasteiger partial charge in [-0.25, -0.2) is 18.4 Å². The largest absolute Gasteiger partial charge is 0.416 e. The Balaban J connectivity index is 1.68. The monoisotopic (exact) mass is 574 g/mol. The van der Waals surface area contributed by atoms with Crippen LogP contribution >= 0.6 is 0 Å². The number of aromatic nitrogens is 3. The van der Waals surface area contributed by atoms with E-state index in [1.165, 1.54) is 29.2 Å². The fourth-order valence-corrected chi connectivity index (χ4v) is 4.47. The van der Waals surface area contributed by atoms with Gasteiger partial charge >= 0.3 is 6.18 Å². The van der Waals surface area contributed by atoms with Gasteiger partial charge in [-0.2, -0.15) is 18.3 Å². The van der Waals surface area contributed by atoms with Gasteiger partial charge in [0.15, 0.2) is 0 Å². The van der Waals surface area contributed by atoms with Gasteiger partial charge < -0.3 is 14.7 Å². The van der Waals surface area contributed by atoms with Gasteiger partial charge in [0.25, 0.3) is 5.91 Å².